The number of nitrogens with one attached hydrogen (secondary N) is 1. The van der Waals surface area contributed by atoms with Crippen molar-refractivity contribution in [1.29, 1.82) is 0 Å². The monoisotopic (exact) mass is 343 g/mol. The van der Waals surface area contributed by atoms with Gasteiger partial charge in [-0.2, -0.15) is 0 Å². The number of benzene rings is 1. The average Bonchev–Trinajstić information content (AvgIpc) is 3.17. The molecule has 1 aliphatic heterocycles. The molecule has 2 fully saturated rings. The van der Waals surface area contributed by atoms with E-state index in [-0.39, 0.29) is 5.54 Å². The molecule has 1 aromatic rings. The fraction of sp³-hybridized carbons (Fsp3) is 0.571. The van der Waals surface area contributed by atoms with Gasteiger partial charge < -0.3 is 11.1 Å². The van der Waals surface area contributed by atoms with E-state index in [2.05, 4.69) is 26.1 Å². The normalized spacial score (nSPS) is 27.7. The van der Waals surface area contributed by atoms with E-state index < -0.39 is 0 Å². The second-order valence-electron chi connectivity index (χ2n) is 5.69. The van der Waals surface area contributed by atoms with Crippen LogP contribution >= 0.6 is 27.5 Å². The second kappa shape index (κ2) is 5.24. The Labute approximate surface area is 127 Å². The maximum absolute atomic E-state index is 6.04. The first-order valence-electron chi connectivity index (χ1n) is 6.79. The van der Waals surface area contributed by atoms with Crippen molar-refractivity contribution in [1.82, 2.24) is 4.90 Å². The minimum atomic E-state index is 0.00978. The van der Waals surface area contributed by atoms with Crippen LogP contribution in [0.3, 0.4) is 0 Å². The number of rotatable bonds is 4. The van der Waals surface area contributed by atoms with Crippen LogP contribution in [0.1, 0.15) is 19.3 Å². The standard InChI is InChI=1S/C14H19BrClN3/c15-12-7-10(1-4-13(12)16)18-14(8-17)5-6-19(9-14)11-2-3-11/h1,4,7,11,18H,2-3,5-6,8-9,17H2. The fourth-order valence-corrected chi connectivity index (χ4v) is 3.35. The zero-order valence-electron chi connectivity index (χ0n) is 10.8. The van der Waals surface area contributed by atoms with Crippen molar-refractivity contribution in [3.8, 4) is 0 Å². The number of nitrogens with zero attached hydrogens (tertiary/aromatic N) is 1. The molecule has 104 valence electrons. The lowest BCUT2D eigenvalue weighted by Crippen LogP contribution is -2.48. The lowest BCUT2D eigenvalue weighted by molar-refractivity contribution is 0.309. The Morgan fingerprint density at radius 1 is 1.47 bits per heavy atom. The molecule has 1 saturated carbocycles. The molecular formula is C14H19BrClN3. The largest absolute Gasteiger partial charge is 0.377 e. The first kappa shape index (κ1) is 13.7. The number of halogens is 2. The van der Waals surface area contributed by atoms with E-state index in [1.54, 1.807) is 0 Å². The van der Waals surface area contributed by atoms with Crippen LogP contribution in [0.15, 0.2) is 22.7 Å². The lowest BCUT2D eigenvalue weighted by atomic mass is 9.98. The quantitative estimate of drug-likeness (QED) is 0.882. The number of anilines is 1. The van der Waals surface area contributed by atoms with Crippen LogP contribution in [-0.4, -0.2) is 36.1 Å². The van der Waals surface area contributed by atoms with Crippen molar-refractivity contribution in [2.45, 2.75) is 30.8 Å². The third-order valence-electron chi connectivity index (χ3n) is 4.17. The molecule has 19 heavy (non-hydrogen) atoms. The first-order chi connectivity index (χ1) is 9.12. The third-order valence-corrected chi connectivity index (χ3v) is 5.38. The molecule has 0 bridgehead atoms. The molecule has 1 aromatic carbocycles. The highest BCUT2D eigenvalue weighted by Gasteiger charge is 2.42. The van der Waals surface area contributed by atoms with E-state index >= 15 is 0 Å². The van der Waals surface area contributed by atoms with Gasteiger partial charge in [0.25, 0.3) is 0 Å². The van der Waals surface area contributed by atoms with Gasteiger partial charge in [0.2, 0.25) is 0 Å². The summed E-state index contributed by atoms with van der Waals surface area (Å²) >= 11 is 9.50. The maximum atomic E-state index is 6.04. The Hall–Kier alpha value is -0.290. The summed E-state index contributed by atoms with van der Waals surface area (Å²) < 4.78 is 0.920. The van der Waals surface area contributed by atoms with Crippen molar-refractivity contribution in [3.63, 3.8) is 0 Å². The Morgan fingerprint density at radius 2 is 2.26 bits per heavy atom. The first-order valence-corrected chi connectivity index (χ1v) is 7.96. The van der Waals surface area contributed by atoms with E-state index in [0.29, 0.717) is 6.54 Å². The topological polar surface area (TPSA) is 41.3 Å². The van der Waals surface area contributed by atoms with Crippen LogP contribution in [0, 0.1) is 0 Å². The van der Waals surface area contributed by atoms with E-state index in [9.17, 15) is 0 Å². The molecule has 1 saturated heterocycles. The number of hydrogen-bond donors (Lipinski definition) is 2. The number of hydrogen-bond acceptors (Lipinski definition) is 3. The summed E-state index contributed by atoms with van der Waals surface area (Å²) in [6.07, 6.45) is 3.82. The fourth-order valence-electron chi connectivity index (χ4n) is 2.86. The Kier molecular flexibility index (Phi) is 3.78. The van der Waals surface area contributed by atoms with Crippen molar-refractivity contribution < 1.29 is 0 Å². The summed E-state index contributed by atoms with van der Waals surface area (Å²) in [5.74, 6) is 0. The highest BCUT2D eigenvalue weighted by Crippen LogP contribution is 2.35. The zero-order chi connectivity index (χ0) is 13.5. The van der Waals surface area contributed by atoms with Gasteiger partial charge in [-0.3, -0.25) is 4.90 Å². The molecule has 2 aliphatic rings. The molecule has 0 aromatic heterocycles. The van der Waals surface area contributed by atoms with Crippen molar-refractivity contribution in [3.05, 3.63) is 27.7 Å². The summed E-state index contributed by atoms with van der Waals surface area (Å²) in [5, 5.41) is 4.36. The van der Waals surface area contributed by atoms with Crippen molar-refractivity contribution in [2.24, 2.45) is 5.73 Å². The molecule has 3 N–H and O–H groups in total. The van der Waals surface area contributed by atoms with Gasteiger partial charge in [0.05, 0.1) is 10.6 Å². The SMILES string of the molecule is NCC1(Nc2ccc(Cl)c(Br)c2)CCN(C2CC2)C1. The van der Waals surface area contributed by atoms with Crippen molar-refractivity contribution >= 4 is 33.2 Å². The van der Waals surface area contributed by atoms with Gasteiger partial charge in [-0.15, -0.1) is 0 Å². The van der Waals surface area contributed by atoms with Crippen molar-refractivity contribution in [2.75, 3.05) is 25.0 Å². The van der Waals surface area contributed by atoms with Gasteiger partial charge in [-0.05, 0) is 53.4 Å². The number of nitrogens with two attached hydrogens (primary N) is 1. The predicted molar refractivity (Wildman–Crippen MR) is 83.8 cm³/mol. The molecule has 3 rings (SSSR count). The van der Waals surface area contributed by atoms with Gasteiger partial charge >= 0.3 is 0 Å². The molecule has 0 amide bonds. The average molecular weight is 345 g/mol. The molecule has 3 nitrogen and oxygen atoms in total. The summed E-state index contributed by atoms with van der Waals surface area (Å²) in [6.45, 7) is 2.87. The maximum Gasteiger partial charge on any atom is 0.0634 e. The van der Waals surface area contributed by atoms with E-state index in [0.717, 1.165) is 40.7 Å². The molecule has 0 radical (unpaired) electrons. The van der Waals surface area contributed by atoms with Gasteiger partial charge in [-0.25, -0.2) is 0 Å². The second-order valence-corrected chi connectivity index (χ2v) is 6.95. The lowest BCUT2D eigenvalue weighted by Gasteiger charge is -2.30. The summed E-state index contributed by atoms with van der Waals surface area (Å²) in [7, 11) is 0. The Balaban J connectivity index is 1.73. The highest BCUT2D eigenvalue weighted by atomic mass is 79.9. The van der Waals surface area contributed by atoms with Crippen LogP contribution in [0.2, 0.25) is 5.02 Å². The predicted octanol–water partition coefficient (Wildman–Crippen LogP) is 3.08. The molecule has 1 aliphatic carbocycles. The number of likely N-dealkylation sites (tertiary alicyclic amines) is 1. The van der Waals surface area contributed by atoms with E-state index in [1.165, 1.54) is 12.8 Å². The van der Waals surface area contributed by atoms with E-state index in [1.807, 2.05) is 18.2 Å². The van der Waals surface area contributed by atoms with Crippen LogP contribution < -0.4 is 11.1 Å². The third kappa shape index (κ3) is 2.92. The minimum Gasteiger partial charge on any atom is -0.377 e. The van der Waals surface area contributed by atoms with Crippen LogP contribution in [-0.2, 0) is 0 Å². The minimum absolute atomic E-state index is 0.00978. The van der Waals surface area contributed by atoms with Gasteiger partial charge in [0.1, 0.15) is 0 Å². The summed E-state index contributed by atoms with van der Waals surface area (Å²) in [4.78, 5) is 2.57. The molecule has 0 spiro atoms. The van der Waals surface area contributed by atoms with Gasteiger partial charge in [-0.1, -0.05) is 11.6 Å². The Morgan fingerprint density at radius 3 is 2.89 bits per heavy atom. The van der Waals surface area contributed by atoms with E-state index in [4.69, 9.17) is 17.3 Å². The van der Waals surface area contributed by atoms with Crippen LogP contribution in [0.25, 0.3) is 0 Å². The molecule has 1 heterocycles. The van der Waals surface area contributed by atoms with Crippen LogP contribution in [0.5, 0.6) is 0 Å². The molecule has 1 atom stereocenters. The van der Waals surface area contributed by atoms with Crippen LogP contribution in [0.4, 0.5) is 5.69 Å². The highest BCUT2D eigenvalue weighted by molar-refractivity contribution is 9.10. The molecular weight excluding hydrogens is 326 g/mol. The summed E-state index contributed by atoms with van der Waals surface area (Å²) in [6, 6.07) is 6.77. The summed E-state index contributed by atoms with van der Waals surface area (Å²) in [5.41, 5.74) is 7.13. The molecule has 1 unspecified atom stereocenters. The molecule has 5 heteroatoms. The Bertz CT molecular complexity index is 478. The zero-order valence-corrected chi connectivity index (χ0v) is 13.2. The smallest absolute Gasteiger partial charge is 0.0634 e. The van der Waals surface area contributed by atoms with Gasteiger partial charge in [0.15, 0.2) is 0 Å². The van der Waals surface area contributed by atoms with Gasteiger partial charge in [0, 0.05) is 35.8 Å².